The predicted molar refractivity (Wildman–Crippen MR) is 89.0 cm³/mol. The Kier molecular flexibility index (Phi) is 4.45. The Morgan fingerprint density at radius 1 is 1.19 bits per heavy atom. The van der Waals surface area contributed by atoms with Crippen LogP contribution in [-0.4, -0.2) is 11.5 Å². The minimum Gasteiger partial charge on any atom is -0.352 e. The molecule has 0 aliphatic carbocycles. The van der Waals surface area contributed by atoms with Gasteiger partial charge in [-0.15, -0.1) is 11.6 Å². The van der Waals surface area contributed by atoms with Gasteiger partial charge in [-0.3, -0.25) is 0 Å². The van der Waals surface area contributed by atoms with Gasteiger partial charge in [0.1, 0.15) is 5.82 Å². The van der Waals surface area contributed by atoms with Gasteiger partial charge in [0.05, 0.1) is 0 Å². The number of rotatable bonds is 4. The van der Waals surface area contributed by atoms with Crippen LogP contribution in [0, 0.1) is 0 Å². The van der Waals surface area contributed by atoms with Gasteiger partial charge in [-0.1, -0.05) is 37.6 Å². The Hall–Kier alpha value is -1.54. The molecule has 2 aromatic rings. The molecule has 1 aliphatic rings. The molecule has 0 bridgehead atoms. The third kappa shape index (κ3) is 3.21. The first-order valence-electron chi connectivity index (χ1n) is 7.67. The molecule has 0 N–H and O–H groups in total. The van der Waals surface area contributed by atoms with E-state index in [0.29, 0.717) is 5.88 Å². The van der Waals surface area contributed by atoms with Gasteiger partial charge < -0.3 is 4.90 Å². The molecule has 0 radical (unpaired) electrons. The molecule has 0 unspecified atom stereocenters. The van der Waals surface area contributed by atoms with Crippen molar-refractivity contribution in [2.24, 2.45) is 0 Å². The lowest BCUT2D eigenvalue weighted by molar-refractivity contribution is 0.715. The van der Waals surface area contributed by atoms with Crippen LogP contribution in [0.1, 0.15) is 35.7 Å². The maximum absolute atomic E-state index is 6.04. The van der Waals surface area contributed by atoms with Crippen molar-refractivity contribution in [2.75, 3.05) is 11.4 Å². The monoisotopic (exact) mass is 300 g/mol. The Bertz CT molecular complexity index is 624. The van der Waals surface area contributed by atoms with Crippen LogP contribution in [0.2, 0.25) is 0 Å². The van der Waals surface area contributed by atoms with Crippen LogP contribution in [0.25, 0.3) is 0 Å². The number of halogens is 1. The summed E-state index contributed by atoms with van der Waals surface area (Å²) in [5.74, 6) is 1.63. The van der Waals surface area contributed by atoms with E-state index in [1.807, 2.05) is 0 Å². The minimum absolute atomic E-state index is 0.552. The summed E-state index contributed by atoms with van der Waals surface area (Å²) < 4.78 is 0. The van der Waals surface area contributed by atoms with Crippen LogP contribution in [0.4, 0.5) is 5.82 Å². The molecule has 0 fully saturated rings. The van der Waals surface area contributed by atoms with Crippen molar-refractivity contribution in [3.8, 4) is 0 Å². The lowest BCUT2D eigenvalue weighted by atomic mass is 10.00. The first kappa shape index (κ1) is 14.4. The molecule has 3 heteroatoms. The number of pyridine rings is 1. The van der Waals surface area contributed by atoms with Crippen molar-refractivity contribution in [3.63, 3.8) is 0 Å². The van der Waals surface area contributed by atoms with Gasteiger partial charge in [0.25, 0.3) is 0 Å². The minimum atomic E-state index is 0.552. The summed E-state index contributed by atoms with van der Waals surface area (Å²) in [5, 5.41) is 0. The number of anilines is 1. The van der Waals surface area contributed by atoms with Gasteiger partial charge in [-0.05, 0) is 41.7 Å². The highest BCUT2D eigenvalue weighted by atomic mass is 35.5. The van der Waals surface area contributed by atoms with Crippen LogP contribution in [0.5, 0.6) is 0 Å². The molecule has 1 aromatic heterocycles. The van der Waals surface area contributed by atoms with E-state index in [4.69, 9.17) is 16.6 Å². The molecule has 0 spiro atoms. The van der Waals surface area contributed by atoms with Gasteiger partial charge in [0, 0.05) is 24.7 Å². The van der Waals surface area contributed by atoms with Crippen molar-refractivity contribution < 1.29 is 0 Å². The third-order valence-corrected chi connectivity index (χ3v) is 4.35. The number of aryl methyl sites for hydroxylation is 1. The van der Waals surface area contributed by atoms with Crippen LogP contribution in [0.15, 0.2) is 36.4 Å². The van der Waals surface area contributed by atoms with E-state index in [1.165, 1.54) is 16.7 Å². The Balaban J connectivity index is 1.89. The molecular formula is C18H21ClN2. The van der Waals surface area contributed by atoms with E-state index in [9.17, 15) is 0 Å². The normalized spacial score (nSPS) is 14.1. The molecule has 0 saturated carbocycles. The van der Waals surface area contributed by atoms with Gasteiger partial charge >= 0.3 is 0 Å². The van der Waals surface area contributed by atoms with E-state index in [0.717, 1.165) is 43.9 Å². The molecule has 1 aliphatic heterocycles. The van der Waals surface area contributed by atoms with E-state index in [-0.39, 0.29) is 0 Å². The predicted octanol–water partition coefficient (Wildman–Crippen LogP) is 4.34. The zero-order chi connectivity index (χ0) is 14.7. The number of hydrogen-bond acceptors (Lipinski definition) is 2. The second-order valence-corrected chi connectivity index (χ2v) is 5.92. The first-order chi connectivity index (χ1) is 10.3. The summed E-state index contributed by atoms with van der Waals surface area (Å²) in [5.41, 5.74) is 5.21. The van der Waals surface area contributed by atoms with Crippen LogP contribution in [-0.2, 0) is 25.3 Å². The molecule has 2 nitrogen and oxygen atoms in total. The first-order valence-corrected chi connectivity index (χ1v) is 8.21. The number of benzene rings is 1. The zero-order valence-electron chi connectivity index (χ0n) is 12.5. The van der Waals surface area contributed by atoms with Crippen molar-refractivity contribution >= 4 is 17.4 Å². The Morgan fingerprint density at radius 2 is 2.00 bits per heavy atom. The highest BCUT2D eigenvalue weighted by molar-refractivity contribution is 6.17. The topological polar surface area (TPSA) is 16.1 Å². The largest absolute Gasteiger partial charge is 0.352 e. The highest BCUT2D eigenvalue weighted by Gasteiger charge is 2.17. The summed E-state index contributed by atoms with van der Waals surface area (Å²) in [6.07, 6.45) is 3.22. The quantitative estimate of drug-likeness (QED) is 0.781. The maximum atomic E-state index is 6.04. The molecule has 3 rings (SSSR count). The standard InChI is InChI=1S/C18H21ClN2/c1-2-5-17-10-14(12-19)11-18(20-17)21-9-8-15-6-3-4-7-16(15)13-21/h3-4,6-7,10-11H,2,5,8-9,12-13H2,1H3. The van der Waals surface area contributed by atoms with E-state index in [1.54, 1.807) is 0 Å². The van der Waals surface area contributed by atoms with Crippen LogP contribution in [0.3, 0.4) is 0 Å². The number of fused-ring (bicyclic) bond motifs is 1. The van der Waals surface area contributed by atoms with E-state index < -0.39 is 0 Å². The van der Waals surface area contributed by atoms with Crippen molar-refractivity contribution in [1.82, 2.24) is 4.98 Å². The molecule has 0 atom stereocenters. The summed E-state index contributed by atoms with van der Waals surface area (Å²) in [4.78, 5) is 7.21. The van der Waals surface area contributed by atoms with Gasteiger partial charge in [0.15, 0.2) is 0 Å². The van der Waals surface area contributed by atoms with Crippen molar-refractivity contribution in [2.45, 2.75) is 38.6 Å². The molecule has 0 saturated heterocycles. The molecule has 110 valence electrons. The van der Waals surface area contributed by atoms with E-state index >= 15 is 0 Å². The molecule has 1 aromatic carbocycles. The molecule has 0 amide bonds. The number of aromatic nitrogens is 1. The Labute approximate surface area is 131 Å². The summed E-state index contributed by atoms with van der Waals surface area (Å²) in [7, 11) is 0. The molecule has 21 heavy (non-hydrogen) atoms. The van der Waals surface area contributed by atoms with Gasteiger partial charge in [0.2, 0.25) is 0 Å². The van der Waals surface area contributed by atoms with E-state index in [2.05, 4.69) is 48.2 Å². The molecule has 2 heterocycles. The zero-order valence-corrected chi connectivity index (χ0v) is 13.2. The second kappa shape index (κ2) is 6.48. The number of nitrogens with zero attached hydrogens (tertiary/aromatic N) is 2. The highest BCUT2D eigenvalue weighted by Crippen LogP contribution is 2.25. The van der Waals surface area contributed by atoms with Gasteiger partial charge in [-0.25, -0.2) is 4.98 Å². The lowest BCUT2D eigenvalue weighted by Crippen LogP contribution is -2.31. The summed E-state index contributed by atoms with van der Waals surface area (Å²) in [6.45, 7) is 4.16. The fourth-order valence-electron chi connectivity index (χ4n) is 2.95. The average Bonchev–Trinajstić information content (AvgIpc) is 2.54. The van der Waals surface area contributed by atoms with Gasteiger partial charge in [-0.2, -0.15) is 0 Å². The maximum Gasteiger partial charge on any atom is 0.129 e. The smallest absolute Gasteiger partial charge is 0.129 e. The second-order valence-electron chi connectivity index (χ2n) is 5.65. The lowest BCUT2D eigenvalue weighted by Gasteiger charge is -2.30. The Morgan fingerprint density at radius 3 is 2.76 bits per heavy atom. The van der Waals surface area contributed by atoms with Crippen LogP contribution >= 0.6 is 11.6 Å². The summed E-state index contributed by atoms with van der Waals surface area (Å²) >= 11 is 6.04. The summed E-state index contributed by atoms with van der Waals surface area (Å²) in [6, 6.07) is 13.0. The molecular weight excluding hydrogens is 280 g/mol. The fraction of sp³-hybridized carbons (Fsp3) is 0.389. The SMILES string of the molecule is CCCc1cc(CCl)cc(N2CCc3ccccc3C2)n1. The number of alkyl halides is 1. The number of hydrogen-bond donors (Lipinski definition) is 0. The van der Waals surface area contributed by atoms with Crippen LogP contribution < -0.4 is 4.90 Å². The third-order valence-electron chi connectivity index (χ3n) is 4.04. The van der Waals surface area contributed by atoms with Crippen molar-refractivity contribution in [1.29, 1.82) is 0 Å². The van der Waals surface area contributed by atoms with Crippen molar-refractivity contribution in [3.05, 3.63) is 58.8 Å². The fourth-order valence-corrected chi connectivity index (χ4v) is 3.10. The average molecular weight is 301 g/mol.